The number of hydrazone groups is 1. The second-order valence-corrected chi connectivity index (χ2v) is 5.15. The lowest BCUT2D eigenvalue weighted by Crippen LogP contribution is -1.98. The summed E-state index contributed by atoms with van der Waals surface area (Å²) in [7, 11) is 0. The Labute approximate surface area is 135 Å². The fourth-order valence-corrected chi connectivity index (χ4v) is 1.97. The van der Waals surface area contributed by atoms with Crippen molar-refractivity contribution in [2.75, 3.05) is 12.0 Å². The molecule has 0 fully saturated rings. The first-order valence-electron chi connectivity index (χ1n) is 7.20. The lowest BCUT2D eigenvalue weighted by Gasteiger charge is -2.05. The second kappa shape index (κ2) is 8.34. The highest BCUT2D eigenvalue weighted by atomic mass is 35.5. The molecule has 0 aliphatic heterocycles. The highest BCUT2D eigenvalue weighted by molar-refractivity contribution is 6.29. The fourth-order valence-electron chi connectivity index (χ4n) is 1.75. The standard InChI is InChI=1S/C16H19ClN4O/c1-3-4-9-22-14-7-5-13(6-8-14)11-18-21-16-10-15(17)19-12(2)20-16/h5-8,10-11H,3-4,9H2,1-2H3,(H,19,20,21)/b18-11+. The number of hydrogen-bond acceptors (Lipinski definition) is 5. The fraction of sp³-hybridized carbons (Fsp3) is 0.312. The molecule has 0 saturated carbocycles. The number of nitrogens with zero attached hydrogens (tertiary/aromatic N) is 3. The maximum atomic E-state index is 5.86. The van der Waals surface area contributed by atoms with E-state index in [-0.39, 0.29) is 0 Å². The van der Waals surface area contributed by atoms with Crippen LogP contribution in [0.4, 0.5) is 5.82 Å². The van der Waals surface area contributed by atoms with Gasteiger partial charge in [0.1, 0.15) is 16.7 Å². The quantitative estimate of drug-likeness (QED) is 0.362. The summed E-state index contributed by atoms with van der Waals surface area (Å²) in [5, 5.41) is 4.52. The number of aryl methyl sites for hydroxylation is 1. The Morgan fingerprint density at radius 2 is 2.05 bits per heavy atom. The summed E-state index contributed by atoms with van der Waals surface area (Å²) in [6, 6.07) is 9.39. The Bertz CT molecular complexity index is 608. The van der Waals surface area contributed by atoms with Crippen molar-refractivity contribution in [1.82, 2.24) is 9.97 Å². The Morgan fingerprint density at radius 3 is 2.73 bits per heavy atom. The minimum absolute atomic E-state index is 0.388. The van der Waals surface area contributed by atoms with Crippen molar-refractivity contribution in [1.29, 1.82) is 0 Å². The first-order valence-corrected chi connectivity index (χ1v) is 7.58. The maximum Gasteiger partial charge on any atom is 0.151 e. The molecule has 116 valence electrons. The smallest absolute Gasteiger partial charge is 0.151 e. The first kappa shape index (κ1) is 16.2. The number of aromatic nitrogens is 2. The van der Waals surface area contributed by atoms with Crippen LogP contribution in [0.15, 0.2) is 35.4 Å². The van der Waals surface area contributed by atoms with E-state index in [0.29, 0.717) is 16.8 Å². The van der Waals surface area contributed by atoms with E-state index in [9.17, 15) is 0 Å². The lowest BCUT2D eigenvalue weighted by atomic mass is 10.2. The van der Waals surface area contributed by atoms with Gasteiger partial charge in [0.05, 0.1) is 12.8 Å². The van der Waals surface area contributed by atoms with Gasteiger partial charge < -0.3 is 4.74 Å². The van der Waals surface area contributed by atoms with Gasteiger partial charge >= 0.3 is 0 Å². The molecule has 0 saturated heterocycles. The molecule has 5 nitrogen and oxygen atoms in total. The molecule has 1 aromatic heterocycles. The number of anilines is 1. The molecule has 0 unspecified atom stereocenters. The average molecular weight is 319 g/mol. The van der Waals surface area contributed by atoms with E-state index in [1.807, 2.05) is 24.3 Å². The minimum atomic E-state index is 0.388. The molecule has 0 spiro atoms. The molecule has 0 aliphatic rings. The summed E-state index contributed by atoms with van der Waals surface area (Å²) in [6.07, 6.45) is 3.90. The molecule has 0 atom stereocenters. The number of nitrogens with one attached hydrogen (secondary N) is 1. The predicted octanol–water partition coefficient (Wildman–Crippen LogP) is 4.06. The van der Waals surface area contributed by atoms with Gasteiger partial charge in [-0.3, -0.25) is 5.43 Å². The minimum Gasteiger partial charge on any atom is -0.494 e. The van der Waals surface area contributed by atoms with Crippen LogP contribution in [0.1, 0.15) is 31.2 Å². The van der Waals surface area contributed by atoms with Crippen molar-refractivity contribution in [3.8, 4) is 5.75 Å². The van der Waals surface area contributed by atoms with Crippen LogP contribution in [0.2, 0.25) is 5.15 Å². The third-order valence-electron chi connectivity index (χ3n) is 2.85. The first-order chi connectivity index (χ1) is 10.7. The van der Waals surface area contributed by atoms with Crippen LogP contribution < -0.4 is 10.2 Å². The van der Waals surface area contributed by atoms with Crippen LogP contribution in [0, 0.1) is 6.92 Å². The third-order valence-corrected chi connectivity index (χ3v) is 3.04. The Morgan fingerprint density at radius 1 is 1.27 bits per heavy atom. The highest BCUT2D eigenvalue weighted by Crippen LogP contribution is 2.13. The molecule has 1 N–H and O–H groups in total. The SMILES string of the molecule is CCCCOc1ccc(/C=N/Nc2cc(Cl)nc(C)n2)cc1. The summed E-state index contributed by atoms with van der Waals surface area (Å²) in [4.78, 5) is 8.17. The Balaban J connectivity index is 1.90. The molecule has 0 aliphatic carbocycles. The van der Waals surface area contributed by atoms with Gasteiger partial charge in [-0.15, -0.1) is 0 Å². The van der Waals surface area contributed by atoms with E-state index in [2.05, 4.69) is 27.4 Å². The largest absolute Gasteiger partial charge is 0.494 e. The van der Waals surface area contributed by atoms with E-state index in [1.165, 1.54) is 0 Å². The van der Waals surface area contributed by atoms with Gasteiger partial charge in [0.25, 0.3) is 0 Å². The third kappa shape index (κ3) is 5.33. The normalized spacial score (nSPS) is 10.9. The van der Waals surface area contributed by atoms with Gasteiger partial charge in [-0.2, -0.15) is 5.10 Å². The summed E-state index contributed by atoms with van der Waals surface area (Å²) >= 11 is 5.86. The maximum absolute atomic E-state index is 5.86. The molecular formula is C16H19ClN4O. The van der Waals surface area contributed by atoms with Gasteiger partial charge in [0.15, 0.2) is 5.82 Å². The van der Waals surface area contributed by atoms with Crippen LogP contribution in [0.3, 0.4) is 0 Å². The molecule has 0 bridgehead atoms. The number of rotatable bonds is 7. The zero-order valence-electron chi connectivity index (χ0n) is 12.7. The highest BCUT2D eigenvalue weighted by Gasteiger charge is 1.98. The van der Waals surface area contributed by atoms with Crippen molar-refractivity contribution in [3.63, 3.8) is 0 Å². The van der Waals surface area contributed by atoms with Crippen LogP contribution in [0.5, 0.6) is 5.75 Å². The monoisotopic (exact) mass is 318 g/mol. The van der Waals surface area contributed by atoms with Gasteiger partial charge in [-0.05, 0) is 43.2 Å². The predicted molar refractivity (Wildman–Crippen MR) is 89.8 cm³/mol. The number of benzene rings is 1. The van der Waals surface area contributed by atoms with Crippen molar-refractivity contribution in [2.24, 2.45) is 5.10 Å². The number of hydrogen-bond donors (Lipinski definition) is 1. The Hall–Kier alpha value is -2.14. The van der Waals surface area contributed by atoms with E-state index in [1.54, 1.807) is 19.2 Å². The van der Waals surface area contributed by atoms with Gasteiger partial charge in [-0.1, -0.05) is 24.9 Å². The molecule has 0 amide bonds. The molecular weight excluding hydrogens is 300 g/mol. The second-order valence-electron chi connectivity index (χ2n) is 4.76. The molecule has 2 rings (SSSR count). The number of ether oxygens (including phenoxy) is 1. The molecule has 6 heteroatoms. The van der Waals surface area contributed by atoms with Gasteiger partial charge in [-0.25, -0.2) is 9.97 Å². The topological polar surface area (TPSA) is 59.4 Å². The van der Waals surface area contributed by atoms with E-state index in [4.69, 9.17) is 16.3 Å². The van der Waals surface area contributed by atoms with Crippen molar-refractivity contribution >= 4 is 23.6 Å². The summed E-state index contributed by atoms with van der Waals surface area (Å²) in [5.41, 5.74) is 3.80. The van der Waals surface area contributed by atoms with Gasteiger partial charge in [0.2, 0.25) is 0 Å². The molecule has 0 radical (unpaired) electrons. The molecule has 1 aromatic carbocycles. The zero-order valence-corrected chi connectivity index (χ0v) is 13.5. The van der Waals surface area contributed by atoms with Gasteiger partial charge in [0, 0.05) is 6.07 Å². The van der Waals surface area contributed by atoms with Crippen molar-refractivity contribution in [3.05, 3.63) is 46.9 Å². The lowest BCUT2D eigenvalue weighted by molar-refractivity contribution is 0.309. The molecule has 1 heterocycles. The van der Waals surface area contributed by atoms with Crippen LogP contribution in [-0.4, -0.2) is 22.8 Å². The van der Waals surface area contributed by atoms with E-state index in [0.717, 1.165) is 30.8 Å². The average Bonchev–Trinajstić information content (AvgIpc) is 2.48. The zero-order chi connectivity index (χ0) is 15.8. The summed E-state index contributed by atoms with van der Waals surface area (Å²) < 4.78 is 5.61. The van der Waals surface area contributed by atoms with E-state index >= 15 is 0 Å². The molecule has 2 aromatic rings. The van der Waals surface area contributed by atoms with Crippen molar-refractivity contribution < 1.29 is 4.74 Å². The van der Waals surface area contributed by atoms with E-state index < -0.39 is 0 Å². The van der Waals surface area contributed by atoms with Crippen molar-refractivity contribution in [2.45, 2.75) is 26.7 Å². The summed E-state index contributed by atoms with van der Waals surface area (Å²) in [6.45, 7) is 4.67. The van der Waals surface area contributed by atoms with Crippen LogP contribution in [0.25, 0.3) is 0 Å². The van der Waals surface area contributed by atoms with Crippen LogP contribution in [-0.2, 0) is 0 Å². The molecule has 22 heavy (non-hydrogen) atoms. The van der Waals surface area contributed by atoms with Crippen LogP contribution >= 0.6 is 11.6 Å². The Kier molecular flexibility index (Phi) is 6.15. The number of unbranched alkanes of at least 4 members (excludes halogenated alkanes) is 1. The number of halogens is 1. The summed E-state index contributed by atoms with van der Waals surface area (Å²) in [5.74, 6) is 2.03.